The van der Waals surface area contributed by atoms with E-state index in [1.165, 1.54) is 0 Å². The van der Waals surface area contributed by atoms with Crippen LogP contribution in [-0.2, 0) is 11.0 Å². The van der Waals surface area contributed by atoms with Crippen LogP contribution in [0.5, 0.6) is 0 Å². The molecule has 114 valence electrons. The Bertz CT molecular complexity index is 468. The number of amides is 1. The quantitative estimate of drug-likeness (QED) is 0.891. The fourth-order valence-corrected chi connectivity index (χ4v) is 2.86. The first-order valence-corrected chi connectivity index (χ1v) is 6.65. The van der Waals surface area contributed by atoms with Crippen molar-refractivity contribution in [3.05, 3.63) is 5.01 Å². The van der Waals surface area contributed by atoms with E-state index in [-0.39, 0.29) is 35.3 Å². The van der Waals surface area contributed by atoms with Gasteiger partial charge in [-0.15, -0.1) is 22.6 Å². The molecule has 3 N–H and O–H groups in total. The van der Waals surface area contributed by atoms with Crippen molar-refractivity contribution in [1.82, 2.24) is 10.2 Å². The second-order valence-corrected chi connectivity index (χ2v) is 5.41. The molecule has 1 aliphatic carbocycles. The lowest BCUT2D eigenvalue weighted by atomic mass is 9.95. The van der Waals surface area contributed by atoms with Gasteiger partial charge in [-0.2, -0.15) is 13.2 Å². The number of rotatable bonds is 3. The number of carbonyl (C=O) groups excluding carboxylic acids is 1. The van der Waals surface area contributed by atoms with Gasteiger partial charge in [-0.25, -0.2) is 0 Å². The summed E-state index contributed by atoms with van der Waals surface area (Å²) in [7, 11) is 0. The summed E-state index contributed by atoms with van der Waals surface area (Å²) in [6, 6.07) is 0. The van der Waals surface area contributed by atoms with Crippen LogP contribution in [0.15, 0.2) is 0 Å². The number of hydrogen-bond donors (Lipinski definition) is 2. The first kappa shape index (κ1) is 17.1. The van der Waals surface area contributed by atoms with Crippen LogP contribution in [0, 0.1) is 11.8 Å². The average Bonchev–Trinajstić information content (AvgIpc) is 2.95. The van der Waals surface area contributed by atoms with Crippen molar-refractivity contribution in [2.24, 2.45) is 17.6 Å². The Hall–Kier alpha value is -0.930. The summed E-state index contributed by atoms with van der Waals surface area (Å²) in [6.45, 7) is 0.405. The summed E-state index contributed by atoms with van der Waals surface area (Å²) < 4.78 is 37.0. The lowest BCUT2D eigenvalue weighted by molar-refractivity contribution is -0.138. The SMILES string of the molecule is Cl.NC[C@H]1CCC[C@H]1C(=O)Nc1nnc(C(F)(F)F)s1. The van der Waals surface area contributed by atoms with Crippen molar-refractivity contribution in [1.29, 1.82) is 0 Å². The Morgan fingerprint density at radius 3 is 2.65 bits per heavy atom. The second kappa shape index (κ2) is 6.68. The molecule has 1 amide bonds. The number of alkyl halides is 3. The van der Waals surface area contributed by atoms with Crippen LogP contribution in [0.4, 0.5) is 18.3 Å². The summed E-state index contributed by atoms with van der Waals surface area (Å²) in [5.41, 5.74) is 5.56. The van der Waals surface area contributed by atoms with Crippen LogP contribution < -0.4 is 11.1 Å². The van der Waals surface area contributed by atoms with Crippen LogP contribution >= 0.6 is 23.7 Å². The first-order valence-electron chi connectivity index (χ1n) is 5.83. The van der Waals surface area contributed by atoms with E-state index in [1.807, 2.05) is 0 Å². The average molecular weight is 331 g/mol. The first-order chi connectivity index (χ1) is 8.91. The molecule has 1 saturated carbocycles. The Balaban J connectivity index is 0.00000200. The van der Waals surface area contributed by atoms with E-state index in [0.717, 1.165) is 12.8 Å². The minimum Gasteiger partial charge on any atom is -0.330 e. The highest BCUT2D eigenvalue weighted by Gasteiger charge is 2.37. The van der Waals surface area contributed by atoms with Crippen molar-refractivity contribution in [3.63, 3.8) is 0 Å². The van der Waals surface area contributed by atoms with E-state index < -0.39 is 11.2 Å². The molecule has 1 heterocycles. The monoisotopic (exact) mass is 330 g/mol. The van der Waals surface area contributed by atoms with Gasteiger partial charge in [0.2, 0.25) is 16.0 Å². The van der Waals surface area contributed by atoms with Gasteiger partial charge >= 0.3 is 6.18 Å². The fraction of sp³-hybridized carbons (Fsp3) is 0.700. The predicted molar refractivity (Wildman–Crippen MR) is 70.7 cm³/mol. The summed E-state index contributed by atoms with van der Waals surface area (Å²) >= 11 is 0.325. The molecule has 0 saturated heterocycles. The van der Waals surface area contributed by atoms with E-state index in [0.29, 0.717) is 24.3 Å². The van der Waals surface area contributed by atoms with Gasteiger partial charge in [0, 0.05) is 5.92 Å². The molecule has 0 spiro atoms. The maximum atomic E-state index is 12.3. The maximum Gasteiger partial charge on any atom is 0.445 e. The number of nitrogens with zero attached hydrogens (tertiary/aromatic N) is 2. The van der Waals surface area contributed by atoms with Crippen molar-refractivity contribution in [2.75, 3.05) is 11.9 Å². The molecule has 1 aromatic heterocycles. The van der Waals surface area contributed by atoms with E-state index in [4.69, 9.17) is 5.73 Å². The third-order valence-electron chi connectivity index (χ3n) is 3.20. The van der Waals surface area contributed by atoms with Gasteiger partial charge in [0.05, 0.1) is 0 Å². The molecule has 1 aliphatic rings. The van der Waals surface area contributed by atoms with Gasteiger partial charge in [-0.3, -0.25) is 4.79 Å². The molecule has 0 bridgehead atoms. The normalized spacial score (nSPS) is 22.4. The largest absolute Gasteiger partial charge is 0.445 e. The zero-order chi connectivity index (χ0) is 14.0. The van der Waals surface area contributed by atoms with Gasteiger partial charge in [0.15, 0.2) is 0 Å². The topological polar surface area (TPSA) is 80.9 Å². The minimum atomic E-state index is -4.53. The van der Waals surface area contributed by atoms with Crippen molar-refractivity contribution < 1.29 is 18.0 Å². The van der Waals surface area contributed by atoms with Crippen LogP contribution in [0.2, 0.25) is 0 Å². The summed E-state index contributed by atoms with van der Waals surface area (Å²) in [5.74, 6) is -0.476. The summed E-state index contributed by atoms with van der Waals surface area (Å²) in [5, 5.41) is 7.54. The smallest absolute Gasteiger partial charge is 0.330 e. The summed E-state index contributed by atoms with van der Waals surface area (Å²) in [4.78, 5) is 11.9. The molecule has 0 unspecified atom stereocenters. The number of carbonyl (C=O) groups is 1. The molecule has 0 aliphatic heterocycles. The minimum absolute atomic E-state index is 0. The van der Waals surface area contributed by atoms with E-state index in [9.17, 15) is 18.0 Å². The lowest BCUT2D eigenvalue weighted by Gasteiger charge is -2.15. The van der Waals surface area contributed by atoms with E-state index in [1.54, 1.807) is 0 Å². The van der Waals surface area contributed by atoms with Gasteiger partial charge in [-0.05, 0) is 25.3 Å². The Kier molecular flexibility index (Phi) is 5.72. The number of hydrogen-bond acceptors (Lipinski definition) is 5. The molecule has 1 aromatic rings. The molecule has 2 rings (SSSR count). The van der Waals surface area contributed by atoms with Crippen LogP contribution in [0.1, 0.15) is 24.3 Å². The predicted octanol–water partition coefficient (Wildman–Crippen LogP) is 2.29. The number of nitrogens with one attached hydrogen (secondary N) is 1. The third-order valence-corrected chi connectivity index (χ3v) is 4.08. The molecule has 2 atom stereocenters. The standard InChI is InChI=1S/C10H13F3N4OS.ClH/c11-10(12,13)8-16-17-9(19-8)15-7(18)6-3-1-2-5(6)4-14;/h5-6H,1-4,14H2,(H,15,17,18);1H/t5-,6-;/m1./s1. The second-order valence-electron chi connectivity index (χ2n) is 4.43. The molecular weight excluding hydrogens is 317 g/mol. The number of anilines is 1. The number of halogens is 4. The maximum absolute atomic E-state index is 12.3. The highest BCUT2D eigenvalue weighted by Crippen LogP contribution is 2.35. The molecule has 0 radical (unpaired) electrons. The Labute approximate surface area is 123 Å². The van der Waals surface area contributed by atoms with E-state index in [2.05, 4.69) is 15.5 Å². The molecular formula is C10H14ClF3N4OS. The van der Waals surface area contributed by atoms with Gasteiger partial charge in [-0.1, -0.05) is 17.8 Å². The lowest BCUT2D eigenvalue weighted by Crippen LogP contribution is -2.29. The highest BCUT2D eigenvalue weighted by atomic mass is 35.5. The Morgan fingerprint density at radius 2 is 2.10 bits per heavy atom. The molecule has 0 aromatic carbocycles. The van der Waals surface area contributed by atoms with Gasteiger partial charge < -0.3 is 11.1 Å². The van der Waals surface area contributed by atoms with Gasteiger partial charge in [0.1, 0.15) is 0 Å². The fourth-order valence-electron chi connectivity index (χ4n) is 2.25. The van der Waals surface area contributed by atoms with Crippen LogP contribution in [0.3, 0.4) is 0 Å². The molecule has 10 heteroatoms. The Morgan fingerprint density at radius 1 is 1.40 bits per heavy atom. The van der Waals surface area contributed by atoms with Crippen LogP contribution in [0.25, 0.3) is 0 Å². The third kappa shape index (κ3) is 3.80. The zero-order valence-corrected chi connectivity index (χ0v) is 11.9. The highest BCUT2D eigenvalue weighted by molar-refractivity contribution is 7.15. The molecule has 20 heavy (non-hydrogen) atoms. The zero-order valence-electron chi connectivity index (χ0n) is 10.3. The van der Waals surface area contributed by atoms with E-state index >= 15 is 0 Å². The van der Waals surface area contributed by atoms with Crippen molar-refractivity contribution >= 4 is 34.8 Å². The number of nitrogens with two attached hydrogens (primary N) is 1. The van der Waals surface area contributed by atoms with Gasteiger partial charge in [0.25, 0.3) is 0 Å². The summed E-state index contributed by atoms with van der Waals surface area (Å²) in [6.07, 6.45) is -2.05. The van der Waals surface area contributed by atoms with Crippen molar-refractivity contribution in [3.8, 4) is 0 Å². The molecule has 1 fully saturated rings. The van der Waals surface area contributed by atoms with Crippen LogP contribution in [-0.4, -0.2) is 22.6 Å². The van der Waals surface area contributed by atoms with Crippen molar-refractivity contribution in [2.45, 2.75) is 25.4 Å². The number of aromatic nitrogens is 2. The molecule has 5 nitrogen and oxygen atoms in total.